The van der Waals surface area contributed by atoms with Crippen LogP contribution in [0.3, 0.4) is 0 Å². The first-order chi connectivity index (χ1) is 12.1. The molecule has 0 heterocycles. The number of rotatable bonds is 4. The number of amides is 1. The van der Waals surface area contributed by atoms with Gasteiger partial charge in [-0.25, -0.2) is 4.79 Å². The average molecular weight is 333 g/mol. The van der Waals surface area contributed by atoms with Crippen LogP contribution in [0, 0.1) is 11.8 Å². The molecule has 2 aromatic rings. The number of allylic oxidation sites excluding steroid dienone is 1. The van der Waals surface area contributed by atoms with Crippen LogP contribution >= 0.6 is 0 Å². The lowest BCUT2D eigenvalue weighted by Crippen LogP contribution is -2.60. The molecule has 4 rings (SSSR count). The van der Waals surface area contributed by atoms with Crippen LogP contribution in [0.2, 0.25) is 0 Å². The third-order valence-corrected chi connectivity index (χ3v) is 5.49. The fourth-order valence-corrected chi connectivity index (χ4v) is 4.42. The van der Waals surface area contributed by atoms with E-state index in [4.69, 9.17) is 0 Å². The Balaban J connectivity index is 1.77. The number of hydrogen-bond acceptors (Lipinski definition) is 2. The van der Waals surface area contributed by atoms with Crippen LogP contribution in [0.1, 0.15) is 28.3 Å². The summed E-state index contributed by atoms with van der Waals surface area (Å²) in [5.41, 5.74) is 0.116. The molecule has 1 saturated carbocycles. The Morgan fingerprint density at radius 3 is 2.24 bits per heavy atom. The van der Waals surface area contributed by atoms with E-state index in [1.165, 1.54) is 0 Å². The van der Waals surface area contributed by atoms with Gasteiger partial charge in [-0.15, -0.1) is 0 Å². The molecule has 0 radical (unpaired) electrons. The zero-order valence-electron chi connectivity index (χ0n) is 13.6. The molecule has 25 heavy (non-hydrogen) atoms. The molecule has 2 aliphatic carbocycles. The highest BCUT2D eigenvalue weighted by Crippen LogP contribution is 2.55. The summed E-state index contributed by atoms with van der Waals surface area (Å²) >= 11 is 0. The zero-order valence-corrected chi connectivity index (χ0v) is 13.6. The van der Waals surface area contributed by atoms with Gasteiger partial charge in [-0.1, -0.05) is 60.7 Å². The number of nitrogens with one attached hydrogen (secondary N) is 1. The van der Waals surface area contributed by atoms with Crippen LogP contribution in [-0.2, 0) is 4.79 Å². The lowest BCUT2D eigenvalue weighted by atomic mass is 9.72. The fraction of sp³-hybridized carbons (Fsp3) is 0.238. The average Bonchev–Trinajstić information content (AvgIpc) is 3.23. The molecule has 4 atom stereocenters. The van der Waals surface area contributed by atoms with Gasteiger partial charge in [0.1, 0.15) is 0 Å². The number of benzene rings is 2. The lowest BCUT2D eigenvalue weighted by molar-refractivity contribution is -0.146. The van der Waals surface area contributed by atoms with Crippen molar-refractivity contribution in [3.63, 3.8) is 0 Å². The molecule has 4 nitrogen and oxygen atoms in total. The van der Waals surface area contributed by atoms with Crippen LogP contribution in [0.4, 0.5) is 0 Å². The summed E-state index contributed by atoms with van der Waals surface area (Å²) in [5, 5.41) is 13.1. The molecule has 2 aromatic carbocycles. The van der Waals surface area contributed by atoms with E-state index in [0.717, 1.165) is 12.0 Å². The molecule has 0 saturated heterocycles. The molecule has 1 fully saturated rings. The summed E-state index contributed by atoms with van der Waals surface area (Å²) in [4.78, 5) is 25.2. The summed E-state index contributed by atoms with van der Waals surface area (Å²) in [7, 11) is 0. The second kappa shape index (κ2) is 5.88. The van der Waals surface area contributed by atoms with Gasteiger partial charge >= 0.3 is 5.97 Å². The SMILES string of the molecule is O=C(N[C@@]1(C(=O)O)[C@@H]2C=C[C@@H](C2)[C@@H]1c1ccccc1)c1ccccc1. The number of aliphatic carboxylic acids is 1. The number of fused-ring (bicyclic) bond motifs is 2. The molecule has 2 bridgehead atoms. The quantitative estimate of drug-likeness (QED) is 0.844. The Hall–Kier alpha value is -2.88. The van der Waals surface area contributed by atoms with Gasteiger partial charge in [0, 0.05) is 17.4 Å². The predicted octanol–water partition coefficient (Wildman–Crippen LogP) is 3.23. The van der Waals surface area contributed by atoms with E-state index in [9.17, 15) is 14.7 Å². The predicted molar refractivity (Wildman–Crippen MR) is 94.2 cm³/mol. The topological polar surface area (TPSA) is 66.4 Å². The Bertz CT molecular complexity index is 831. The highest BCUT2D eigenvalue weighted by molar-refractivity contribution is 5.99. The lowest BCUT2D eigenvalue weighted by Gasteiger charge is -2.39. The number of hydrogen-bond donors (Lipinski definition) is 2. The first-order valence-electron chi connectivity index (χ1n) is 8.47. The molecular weight excluding hydrogens is 314 g/mol. The monoisotopic (exact) mass is 333 g/mol. The summed E-state index contributed by atoms with van der Waals surface area (Å²) in [6, 6.07) is 18.4. The third kappa shape index (κ3) is 2.37. The van der Waals surface area contributed by atoms with E-state index in [1.807, 2.05) is 42.5 Å². The normalized spacial score (nSPS) is 29.5. The van der Waals surface area contributed by atoms with Crippen LogP contribution in [0.5, 0.6) is 0 Å². The van der Waals surface area contributed by atoms with Gasteiger partial charge in [0.15, 0.2) is 5.54 Å². The van der Waals surface area contributed by atoms with Crippen molar-refractivity contribution in [3.8, 4) is 0 Å². The number of carbonyl (C=O) groups is 2. The molecule has 126 valence electrons. The number of carbonyl (C=O) groups excluding carboxylic acids is 1. The molecule has 0 aromatic heterocycles. The minimum atomic E-state index is -1.31. The Labute approximate surface area is 146 Å². The van der Waals surface area contributed by atoms with Crippen molar-refractivity contribution < 1.29 is 14.7 Å². The van der Waals surface area contributed by atoms with Crippen molar-refractivity contribution in [2.75, 3.05) is 0 Å². The Morgan fingerprint density at radius 2 is 1.60 bits per heavy atom. The third-order valence-electron chi connectivity index (χ3n) is 5.49. The van der Waals surface area contributed by atoms with Crippen molar-refractivity contribution in [2.45, 2.75) is 17.9 Å². The first kappa shape index (κ1) is 15.6. The first-order valence-corrected chi connectivity index (χ1v) is 8.47. The molecule has 4 heteroatoms. The molecule has 2 N–H and O–H groups in total. The second-order valence-corrected chi connectivity index (χ2v) is 6.77. The maximum Gasteiger partial charge on any atom is 0.330 e. The van der Waals surface area contributed by atoms with Crippen molar-refractivity contribution in [1.29, 1.82) is 0 Å². The highest BCUT2D eigenvalue weighted by Gasteiger charge is 2.62. The number of carboxylic acid groups (broad SMARTS) is 1. The van der Waals surface area contributed by atoms with Gasteiger partial charge < -0.3 is 10.4 Å². The summed E-state index contributed by atoms with van der Waals surface area (Å²) in [6.07, 6.45) is 4.79. The van der Waals surface area contributed by atoms with E-state index < -0.39 is 11.5 Å². The smallest absolute Gasteiger partial charge is 0.330 e. The standard InChI is InChI=1S/C21H19NO3/c23-19(15-9-5-2-6-10-15)22-21(20(24)25)17-12-11-16(13-17)18(21)14-7-3-1-4-8-14/h1-12,16-18H,13H2,(H,22,23)(H,24,25)/t16-,17+,18-,21-/m0/s1. The van der Waals surface area contributed by atoms with E-state index in [-0.39, 0.29) is 23.7 Å². The Kier molecular flexibility index (Phi) is 3.68. The maximum absolute atomic E-state index is 12.8. The highest BCUT2D eigenvalue weighted by atomic mass is 16.4. The van der Waals surface area contributed by atoms with Gasteiger partial charge in [-0.05, 0) is 30.0 Å². The van der Waals surface area contributed by atoms with E-state index in [2.05, 4.69) is 11.4 Å². The molecule has 1 amide bonds. The molecule has 0 unspecified atom stereocenters. The van der Waals surface area contributed by atoms with Crippen molar-refractivity contribution in [2.24, 2.45) is 11.8 Å². The Morgan fingerprint density at radius 1 is 0.960 bits per heavy atom. The van der Waals surface area contributed by atoms with Gasteiger partial charge in [-0.3, -0.25) is 4.79 Å². The second-order valence-electron chi connectivity index (χ2n) is 6.77. The van der Waals surface area contributed by atoms with Crippen LogP contribution < -0.4 is 5.32 Å². The minimum absolute atomic E-state index is 0.125. The minimum Gasteiger partial charge on any atom is -0.479 e. The van der Waals surface area contributed by atoms with Crippen LogP contribution in [-0.4, -0.2) is 22.5 Å². The summed E-state index contributed by atoms with van der Waals surface area (Å²) < 4.78 is 0. The van der Waals surface area contributed by atoms with Gasteiger partial charge in [0.25, 0.3) is 5.91 Å². The van der Waals surface area contributed by atoms with E-state index >= 15 is 0 Å². The van der Waals surface area contributed by atoms with Gasteiger partial charge in [-0.2, -0.15) is 0 Å². The molecular formula is C21H19NO3. The van der Waals surface area contributed by atoms with Crippen molar-refractivity contribution >= 4 is 11.9 Å². The largest absolute Gasteiger partial charge is 0.479 e. The van der Waals surface area contributed by atoms with Crippen molar-refractivity contribution in [3.05, 3.63) is 83.9 Å². The van der Waals surface area contributed by atoms with Crippen LogP contribution in [0.25, 0.3) is 0 Å². The van der Waals surface area contributed by atoms with E-state index in [1.54, 1.807) is 24.3 Å². The molecule has 0 aliphatic heterocycles. The summed E-state index contributed by atoms with van der Waals surface area (Å²) in [6.45, 7) is 0. The van der Waals surface area contributed by atoms with Crippen molar-refractivity contribution in [1.82, 2.24) is 5.32 Å². The fourth-order valence-electron chi connectivity index (χ4n) is 4.42. The molecule has 2 aliphatic rings. The zero-order chi connectivity index (χ0) is 17.4. The van der Waals surface area contributed by atoms with E-state index in [0.29, 0.717) is 5.56 Å². The molecule has 0 spiro atoms. The number of carboxylic acids is 1. The van der Waals surface area contributed by atoms with Gasteiger partial charge in [0.05, 0.1) is 0 Å². The summed E-state index contributed by atoms with van der Waals surface area (Å²) in [5.74, 6) is -1.66. The maximum atomic E-state index is 12.8. The van der Waals surface area contributed by atoms with Gasteiger partial charge in [0.2, 0.25) is 0 Å². The van der Waals surface area contributed by atoms with Crippen LogP contribution in [0.15, 0.2) is 72.8 Å².